The SMILES string of the molecule is CCCCCCCCCC(=O)c1sccc1SCC(=O)OCC. The highest BCUT2D eigenvalue weighted by molar-refractivity contribution is 8.00. The Balaban J connectivity index is 2.28. The van der Waals surface area contributed by atoms with Crippen LogP contribution in [0.2, 0.25) is 0 Å². The molecule has 0 aromatic carbocycles. The molecule has 0 aliphatic carbocycles. The number of thioether (sulfide) groups is 1. The van der Waals surface area contributed by atoms with E-state index >= 15 is 0 Å². The number of carbonyl (C=O) groups is 2. The van der Waals surface area contributed by atoms with E-state index in [4.69, 9.17) is 4.74 Å². The van der Waals surface area contributed by atoms with Crippen molar-refractivity contribution >= 4 is 34.9 Å². The van der Waals surface area contributed by atoms with Crippen molar-refractivity contribution in [1.82, 2.24) is 0 Å². The number of esters is 1. The molecule has 0 amide bonds. The van der Waals surface area contributed by atoms with Crippen molar-refractivity contribution in [1.29, 1.82) is 0 Å². The molecule has 1 aromatic heterocycles. The van der Waals surface area contributed by atoms with Crippen molar-refractivity contribution in [2.45, 2.75) is 70.1 Å². The highest BCUT2D eigenvalue weighted by Crippen LogP contribution is 2.29. The fourth-order valence-electron chi connectivity index (χ4n) is 2.31. The first kappa shape index (κ1) is 20.2. The quantitative estimate of drug-likeness (QED) is 0.196. The first-order chi connectivity index (χ1) is 11.2. The maximum absolute atomic E-state index is 12.3. The molecule has 0 saturated heterocycles. The molecule has 0 bridgehead atoms. The lowest BCUT2D eigenvalue weighted by Gasteiger charge is -2.04. The molecule has 1 heterocycles. The lowest BCUT2D eigenvalue weighted by Crippen LogP contribution is -2.07. The Morgan fingerprint density at radius 3 is 2.48 bits per heavy atom. The maximum Gasteiger partial charge on any atom is 0.316 e. The summed E-state index contributed by atoms with van der Waals surface area (Å²) in [6.45, 7) is 4.41. The van der Waals surface area contributed by atoms with Crippen molar-refractivity contribution in [3.63, 3.8) is 0 Å². The number of hydrogen-bond donors (Lipinski definition) is 0. The second kappa shape index (κ2) is 12.6. The number of carbonyl (C=O) groups excluding carboxylic acids is 2. The summed E-state index contributed by atoms with van der Waals surface area (Å²) in [4.78, 5) is 25.4. The molecule has 0 saturated carbocycles. The summed E-state index contributed by atoms with van der Waals surface area (Å²) in [6, 6.07) is 1.92. The molecule has 0 unspecified atom stereocenters. The lowest BCUT2D eigenvalue weighted by atomic mass is 10.1. The van der Waals surface area contributed by atoms with Gasteiger partial charge in [0.1, 0.15) is 0 Å². The van der Waals surface area contributed by atoms with Crippen LogP contribution in [0.1, 0.15) is 74.9 Å². The van der Waals surface area contributed by atoms with E-state index in [2.05, 4.69) is 6.92 Å². The number of unbranched alkanes of at least 4 members (excludes halogenated alkanes) is 6. The molecule has 1 aromatic rings. The molecule has 0 spiro atoms. The number of ether oxygens (including phenoxy) is 1. The van der Waals surface area contributed by atoms with Crippen LogP contribution in [0.25, 0.3) is 0 Å². The van der Waals surface area contributed by atoms with E-state index in [0.29, 0.717) is 13.0 Å². The normalized spacial score (nSPS) is 10.7. The Labute approximate surface area is 148 Å². The van der Waals surface area contributed by atoms with Gasteiger partial charge in [0.2, 0.25) is 0 Å². The van der Waals surface area contributed by atoms with E-state index in [1.807, 2.05) is 11.4 Å². The van der Waals surface area contributed by atoms with Gasteiger partial charge < -0.3 is 4.74 Å². The van der Waals surface area contributed by atoms with Crippen LogP contribution in [-0.2, 0) is 9.53 Å². The van der Waals surface area contributed by atoms with E-state index < -0.39 is 0 Å². The van der Waals surface area contributed by atoms with Crippen molar-refractivity contribution in [3.05, 3.63) is 16.3 Å². The van der Waals surface area contributed by atoms with Gasteiger partial charge in [0.05, 0.1) is 17.2 Å². The molecule has 0 N–H and O–H groups in total. The lowest BCUT2D eigenvalue weighted by molar-refractivity contribution is -0.139. The number of rotatable bonds is 13. The zero-order valence-electron chi connectivity index (χ0n) is 14.3. The van der Waals surface area contributed by atoms with E-state index in [1.165, 1.54) is 55.2 Å². The third-order valence-electron chi connectivity index (χ3n) is 3.54. The maximum atomic E-state index is 12.3. The van der Waals surface area contributed by atoms with Crippen molar-refractivity contribution < 1.29 is 14.3 Å². The van der Waals surface area contributed by atoms with Gasteiger partial charge in [0, 0.05) is 11.3 Å². The molecule has 0 fully saturated rings. The summed E-state index contributed by atoms with van der Waals surface area (Å²) in [5.41, 5.74) is 0. The molecular formula is C18H28O3S2. The molecule has 0 radical (unpaired) electrons. The van der Waals surface area contributed by atoms with Crippen LogP contribution in [0.3, 0.4) is 0 Å². The number of thiophene rings is 1. The summed E-state index contributed by atoms with van der Waals surface area (Å²) in [5, 5.41) is 1.92. The minimum atomic E-state index is -0.228. The van der Waals surface area contributed by atoms with Gasteiger partial charge in [-0.1, -0.05) is 45.4 Å². The Kier molecular flexibility index (Phi) is 11.1. The van der Waals surface area contributed by atoms with Crippen LogP contribution in [0.4, 0.5) is 0 Å². The van der Waals surface area contributed by atoms with E-state index in [9.17, 15) is 9.59 Å². The zero-order valence-corrected chi connectivity index (χ0v) is 15.9. The van der Waals surface area contributed by atoms with E-state index in [0.717, 1.165) is 22.6 Å². The minimum Gasteiger partial charge on any atom is -0.465 e. The van der Waals surface area contributed by atoms with Crippen molar-refractivity contribution in [2.75, 3.05) is 12.4 Å². The average molecular weight is 357 g/mol. The summed E-state index contributed by atoms with van der Waals surface area (Å²) >= 11 is 2.87. The number of Topliss-reactive ketones (excluding diaryl/α,β-unsaturated/α-hetero) is 1. The average Bonchev–Trinajstić information content (AvgIpc) is 3.01. The van der Waals surface area contributed by atoms with Gasteiger partial charge in [-0.25, -0.2) is 0 Å². The molecule has 0 atom stereocenters. The molecule has 3 nitrogen and oxygen atoms in total. The van der Waals surface area contributed by atoms with Gasteiger partial charge in [0.25, 0.3) is 0 Å². The smallest absolute Gasteiger partial charge is 0.316 e. The van der Waals surface area contributed by atoms with Crippen LogP contribution < -0.4 is 0 Å². The topological polar surface area (TPSA) is 43.4 Å². The zero-order chi connectivity index (χ0) is 16.9. The first-order valence-corrected chi connectivity index (χ1v) is 10.4. The number of hydrogen-bond acceptors (Lipinski definition) is 5. The monoisotopic (exact) mass is 356 g/mol. The van der Waals surface area contributed by atoms with Gasteiger partial charge in [-0.3, -0.25) is 9.59 Å². The third kappa shape index (κ3) is 8.56. The largest absolute Gasteiger partial charge is 0.465 e. The molecule has 0 aliphatic rings. The second-order valence-electron chi connectivity index (χ2n) is 5.50. The highest BCUT2D eigenvalue weighted by atomic mass is 32.2. The molecule has 0 aliphatic heterocycles. The Morgan fingerprint density at radius 2 is 1.78 bits per heavy atom. The van der Waals surface area contributed by atoms with Crippen LogP contribution in [0.15, 0.2) is 16.3 Å². The van der Waals surface area contributed by atoms with Gasteiger partial charge in [0.15, 0.2) is 5.78 Å². The Bertz CT molecular complexity index is 469. The van der Waals surface area contributed by atoms with Gasteiger partial charge in [-0.15, -0.1) is 23.1 Å². The fraction of sp³-hybridized carbons (Fsp3) is 0.667. The first-order valence-electron chi connectivity index (χ1n) is 8.58. The predicted octanol–water partition coefficient (Wildman–Crippen LogP) is 5.73. The summed E-state index contributed by atoms with van der Waals surface area (Å²) in [6.07, 6.45) is 9.10. The Morgan fingerprint density at radius 1 is 1.09 bits per heavy atom. The van der Waals surface area contributed by atoms with Crippen molar-refractivity contribution in [3.8, 4) is 0 Å². The Hall–Kier alpha value is -0.810. The minimum absolute atomic E-state index is 0.208. The predicted molar refractivity (Wildman–Crippen MR) is 98.6 cm³/mol. The van der Waals surface area contributed by atoms with E-state index in [-0.39, 0.29) is 17.5 Å². The van der Waals surface area contributed by atoms with Crippen LogP contribution in [-0.4, -0.2) is 24.1 Å². The van der Waals surface area contributed by atoms with Crippen LogP contribution in [0, 0.1) is 0 Å². The van der Waals surface area contributed by atoms with Gasteiger partial charge in [-0.05, 0) is 24.8 Å². The van der Waals surface area contributed by atoms with Crippen LogP contribution >= 0.6 is 23.1 Å². The molecule has 1 rings (SSSR count). The molecule has 23 heavy (non-hydrogen) atoms. The highest BCUT2D eigenvalue weighted by Gasteiger charge is 2.14. The number of ketones is 1. The third-order valence-corrected chi connectivity index (χ3v) is 5.66. The van der Waals surface area contributed by atoms with E-state index in [1.54, 1.807) is 6.92 Å². The summed E-state index contributed by atoms with van der Waals surface area (Å²) in [5.74, 6) is 0.247. The van der Waals surface area contributed by atoms with Gasteiger partial charge >= 0.3 is 5.97 Å². The second-order valence-corrected chi connectivity index (χ2v) is 7.44. The van der Waals surface area contributed by atoms with Crippen molar-refractivity contribution in [2.24, 2.45) is 0 Å². The molecular weight excluding hydrogens is 328 g/mol. The van der Waals surface area contributed by atoms with Gasteiger partial charge in [-0.2, -0.15) is 0 Å². The summed E-state index contributed by atoms with van der Waals surface area (Å²) in [7, 11) is 0. The fourth-order valence-corrected chi connectivity index (χ4v) is 4.24. The standard InChI is InChI=1S/C18H28O3S2/c1-3-5-6-7-8-9-10-11-15(19)18-16(12-13-22-18)23-14-17(20)21-4-2/h12-13H,3-11,14H2,1-2H3. The van der Waals surface area contributed by atoms with Crippen LogP contribution in [0.5, 0.6) is 0 Å². The molecule has 5 heteroatoms. The molecule has 130 valence electrons. The summed E-state index contributed by atoms with van der Waals surface area (Å²) < 4.78 is 4.92.